The predicted octanol–water partition coefficient (Wildman–Crippen LogP) is 9.05. The number of rotatable bonds is 45. The number of nitrogens with one attached hydrogen (secondary N) is 1. The molecule has 14 nitrogen and oxygen atoms in total. The van der Waals surface area contributed by atoms with E-state index in [2.05, 4.69) is 43.5 Å². The third kappa shape index (κ3) is 29.8. The summed E-state index contributed by atoms with van der Waals surface area (Å²) in [6.45, 7) is 2.73. The van der Waals surface area contributed by atoms with Crippen LogP contribution in [0.3, 0.4) is 0 Å². The third-order valence-electron chi connectivity index (χ3n) is 14.0. The molecule has 0 aromatic carbocycles. The van der Waals surface area contributed by atoms with E-state index in [1.807, 2.05) is 6.08 Å². The van der Waals surface area contributed by atoms with Gasteiger partial charge in [-0.05, 0) is 51.4 Å². The number of unbranched alkanes of at least 4 members (excludes halogenated alkanes) is 28. The summed E-state index contributed by atoms with van der Waals surface area (Å²) in [6, 6.07) is -0.934. The van der Waals surface area contributed by atoms with Crippen LogP contribution in [0.25, 0.3) is 0 Å². The van der Waals surface area contributed by atoms with Crippen molar-refractivity contribution < 1.29 is 64.6 Å². The molecule has 2 saturated heterocycles. The van der Waals surface area contributed by atoms with Crippen molar-refractivity contribution in [3.63, 3.8) is 0 Å². The van der Waals surface area contributed by atoms with Gasteiger partial charge in [-0.1, -0.05) is 204 Å². The zero-order chi connectivity index (χ0) is 51.7. The number of aliphatic hydroxyl groups is 8. The third-order valence-corrected chi connectivity index (χ3v) is 14.0. The number of carbonyl (C=O) groups excluding carboxylic acids is 1. The molecule has 71 heavy (non-hydrogen) atoms. The molecule has 0 radical (unpaired) electrons. The molecule has 2 aliphatic rings. The normalized spacial score (nSPS) is 26.0. The highest BCUT2D eigenvalue weighted by atomic mass is 16.7. The predicted molar refractivity (Wildman–Crippen MR) is 281 cm³/mol. The number of aliphatic hydroxyl groups excluding tert-OH is 8. The molecule has 0 saturated carbocycles. The number of ether oxygens (including phenoxy) is 4. The molecule has 2 heterocycles. The first kappa shape index (κ1) is 65.3. The lowest BCUT2D eigenvalue weighted by molar-refractivity contribution is -0.359. The van der Waals surface area contributed by atoms with Gasteiger partial charge in [0.05, 0.1) is 32.0 Å². The van der Waals surface area contributed by atoms with Crippen molar-refractivity contribution in [2.45, 2.75) is 299 Å². The molecule has 0 aromatic heterocycles. The Hall–Kier alpha value is -1.79. The minimum atomic E-state index is -1.79. The Bertz CT molecular complexity index is 1330. The average molecular weight is 1010 g/mol. The maximum absolute atomic E-state index is 13.2. The highest BCUT2D eigenvalue weighted by Crippen LogP contribution is 2.30. The summed E-state index contributed by atoms with van der Waals surface area (Å²) in [7, 11) is 0. The van der Waals surface area contributed by atoms with Crippen LogP contribution in [0, 0.1) is 0 Å². The molecular weight excluding hydrogens is 907 g/mol. The van der Waals surface area contributed by atoms with Crippen molar-refractivity contribution in [2.75, 3.05) is 19.8 Å². The van der Waals surface area contributed by atoms with Crippen LogP contribution in [-0.4, -0.2) is 140 Å². The maximum atomic E-state index is 13.2. The van der Waals surface area contributed by atoms with Crippen LogP contribution in [0.5, 0.6) is 0 Å². The van der Waals surface area contributed by atoms with E-state index in [9.17, 15) is 45.6 Å². The summed E-state index contributed by atoms with van der Waals surface area (Å²) >= 11 is 0. The van der Waals surface area contributed by atoms with Gasteiger partial charge < -0.3 is 65.1 Å². The monoisotopic (exact) mass is 1010 g/mol. The van der Waals surface area contributed by atoms with Gasteiger partial charge >= 0.3 is 0 Å². The van der Waals surface area contributed by atoms with Crippen molar-refractivity contribution in [1.82, 2.24) is 5.32 Å². The molecule has 2 rings (SSSR count). The van der Waals surface area contributed by atoms with E-state index in [1.165, 1.54) is 141 Å². The highest BCUT2D eigenvalue weighted by molar-refractivity contribution is 5.76. The average Bonchev–Trinajstić information content (AvgIpc) is 3.37. The molecule has 2 fully saturated rings. The quantitative estimate of drug-likeness (QED) is 0.0205. The molecule has 12 unspecified atom stereocenters. The van der Waals surface area contributed by atoms with Crippen LogP contribution in [0.1, 0.15) is 226 Å². The second-order valence-corrected chi connectivity index (χ2v) is 20.4. The Balaban J connectivity index is 1.75. The van der Waals surface area contributed by atoms with Gasteiger partial charge in [-0.15, -0.1) is 0 Å². The molecule has 2 aliphatic heterocycles. The molecule has 9 N–H and O–H groups in total. The highest BCUT2D eigenvalue weighted by Gasteiger charge is 2.51. The van der Waals surface area contributed by atoms with Crippen molar-refractivity contribution in [3.8, 4) is 0 Å². The molecule has 0 aromatic rings. The Labute approximate surface area is 430 Å². The molecular formula is C57H105NO13. The van der Waals surface area contributed by atoms with Crippen LogP contribution >= 0.6 is 0 Å². The van der Waals surface area contributed by atoms with Crippen molar-refractivity contribution in [2.24, 2.45) is 0 Å². The molecule has 0 spiro atoms. The first-order valence-corrected chi connectivity index (χ1v) is 28.7. The smallest absolute Gasteiger partial charge is 0.220 e. The molecule has 416 valence electrons. The van der Waals surface area contributed by atoms with E-state index >= 15 is 0 Å². The SMILES string of the molecule is CCCC/C=C\CCCCCCCC(=O)NC(COC1OC(CO)C(OC2OC(CO)C(O)C(O)C2O)C(O)C1O)C(O)/C=C/CC/C=C/CCCCCCCCCCCCCCCCCCCCCC. The van der Waals surface area contributed by atoms with E-state index in [-0.39, 0.29) is 18.9 Å². The molecule has 0 bridgehead atoms. The van der Waals surface area contributed by atoms with Crippen LogP contribution < -0.4 is 5.32 Å². The summed E-state index contributed by atoms with van der Waals surface area (Å²) in [5.41, 5.74) is 0. The van der Waals surface area contributed by atoms with Gasteiger partial charge in [-0.3, -0.25) is 4.79 Å². The van der Waals surface area contributed by atoms with E-state index < -0.39 is 86.8 Å². The van der Waals surface area contributed by atoms with Crippen LogP contribution in [0.15, 0.2) is 36.5 Å². The zero-order valence-corrected chi connectivity index (χ0v) is 44.5. The van der Waals surface area contributed by atoms with Crippen LogP contribution in [-0.2, 0) is 23.7 Å². The van der Waals surface area contributed by atoms with Gasteiger partial charge in [0, 0.05) is 6.42 Å². The molecule has 1 amide bonds. The molecule has 14 heteroatoms. The lowest BCUT2D eigenvalue weighted by atomic mass is 9.97. The number of carbonyl (C=O) groups is 1. The van der Waals surface area contributed by atoms with Crippen LogP contribution in [0.2, 0.25) is 0 Å². The number of hydrogen-bond acceptors (Lipinski definition) is 13. The Kier molecular flexibility index (Phi) is 40.0. The fourth-order valence-corrected chi connectivity index (χ4v) is 9.35. The topological polar surface area (TPSA) is 228 Å². The maximum Gasteiger partial charge on any atom is 0.220 e. The molecule has 0 aliphatic carbocycles. The largest absolute Gasteiger partial charge is 0.394 e. The molecule has 12 atom stereocenters. The number of amides is 1. The second-order valence-electron chi connectivity index (χ2n) is 20.4. The van der Waals surface area contributed by atoms with Crippen molar-refractivity contribution >= 4 is 5.91 Å². The van der Waals surface area contributed by atoms with Crippen molar-refractivity contribution in [3.05, 3.63) is 36.5 Å². The Morgan fingerprint density at radius 2 is 0.915 bits per heavy atom. The van der Waals surface area contributed by atoms with Gasteiger partial charge in [0.25, 0.3) is 0 Å². The summed E-state index contributed by atoms with van der Waals surface area (Å²) in [6.07, 6.45) is 35.0. The zero-order valence-electron chi connectivity index (χ0n) is 44.5. The van der Waals surface area contributed by atoms with Crippen molar-refractivity contribution in [1.29, 1.82) is 0 Å². The fraction of sp³-hybridized carbons (Fsp3) is 0.877. The lowest BCUT2D eigenvalue weighted by Gasteiger charge is -2.46. The first-order chi connectivity index (χ1) is 34.6. The van der Waals surface area contributed by atoms with E-state index in [1.54, 1.807) is 6.08 Å². The Morgan fingerprint density at radius 1 is 0.493 bits per heavy atom. The fourth-order valence-electron chi connectivity index (χ4n) is 9.35. The van der Waals surface area contributed by atoms with Gasteiger partial charge in [0.2, 0.25) is 5.91 Å². The minimum Gasteiger partial charge on any atom is -0.394 e. The van der Waals surface area contributed by atoms with Gasteiger partial charge in [0.15, 0.2) is 12.6 Å². The van der Waals surface area contributed by atoms with Crippen LogP contribution in [0.4, 0.5) is 0 Å². The van der Waals surface area contributed by atoms with E-state index in [4.69, 9.17) is 18.9 Å². The van der Waals surface area contributed by atoms with Gasteiger partial charge in [-0.2, -0.15) is 0 Å². The van der Waals surface area contributed by atoms with Gasteiger partial charge in [-0.25, -0.2) is 0 Å². The summed E-state index contributed by atoms with van der Waals surface area (Å²) in [5, 5.41) is 86.8. The second kappa shape index (κ2) is 43.4. The minimum absolute atomic E-state index is 0.260. The van der Waals surface area contributed by atoms with E-state index in [0.717, 1.165) is 51.4 Å². The number of hydrogen-bond donors (Lipinski definition) is 9. The first-order valence-electron chi connectivity index (χ1n) is 28.7. The summed E-state index contributed by atoms with van der Waals surface area (Å²) in [4.78, 5) is 13.2. The lowest BCUT2D eigenvalue weighted by Crippen LogP contribution is -2.65. The summed E-state index contributed by atoms with van der Waals surface area (Å²) in [5.74, 6) is -0.260. The standard InChI is InChI=1S/C57H105NO13/c1-3-5-7-9-11-13-15-16-17-18-19-20-21-22-23-24-25-26-27-28-29-31-32-34-36-38-40-46(61)45(58-49(62)41-39-37-35-33-30-14-12-10-8-6-4-2)44-68-56-54(67)52(65)55(48(43-60)70-56)71-57-53(66)51(64)50(63)47(42-59)69-57/h10,12,31-32,38,40,45-48,50-57,59-61,63-67H,3-9,11,13-30,33-37,39,41-44H2,1-2H3,(H,58,62)/b12-10-,32-31+,40-38+. The summed E-state index contributed by atoms with van der Waals surface area (Å²) < 4.78 is 22.7. The Morgan fingerprint density at radius 3 is 1.42 bits per heavy atom. The van der Waals surface area contributed by atoms with Gasteiger partial charge in [0.1, 0.15) is 48.8 Å². The number of allylic oxidation sites excluding steroid dienone is 5. The van der Waals surface area contributed by atoms with E-state index in [0.29, 0.717) is 12.8 Å².